The zero-order valence-electron chi connectivity index (χ0n) is 14.5. The van der Waals surface area contributed by atoms with Gasteiger partial charge in [-0.2, -0.15) is 0 Å². The average Bonchev–Trinajstić information content (AvgIpc) is 3.08. The summed E-state index contributed by atoms with van der Waals surface area (Å²) in [5.41, 5.74) is 0. The molecule has 25 heavy (non-hydrogen) atoms. The minimum atomic E-state index is -0.271. The third kappa shape index (κ3) is 4.59. The molecule has 0 spiro atoms. The number of carbonyl (C=O) groups is 1. The molecule has 2 heterocycles. The van der Waals surface area contributed by atoms with E-state index in [-0.39, 0.29) is 11.7 Å². The number of carbonyl (C=O) groups excluding carboxylic acids is 1. The van der Waals surface area contributed by atoms with Gasteiger partial charge in [0.1, 0.15) is 23.9 Å². The topological polar surface area (TPSA) is 47.4 Å². The second-order valence-electron chi connectivity index (χ2n) is 6.44. The number of likely N-dealkylation sites (tertiary alicyclic amines) is 1. The summed E-state index contributed by atoms with van der Waals surface area (Å²) >= 11 is 0. The fourth-order valence-corrected chi connectivity index (χ4v) is 3.22. The molecule has 1 aromatic heterocycles. The van der Waals surface area contributed by atoms with Crippen LogP contribution in [0.1, 0.15) is 25.6 Å². The third-order valence-electron chi connectivity index (χ3n) is 4.59. The maximum atomic E-state index is 12.9. The number of imidazole rings is 1. The molecule has 1 saturated heterocycles. The van der Waals surface area contributed by atoms with Crippen molar-refractivity contribution in [2.24, 2.45) is 5.92 Å². The molecule has 1 amide bonds. The summed E-state index contributed by atoms with van der Waals surface area (Å²) in [6, 6.07) is 6.05. The van der Waals surface area contributed by atoms with Gasteiger partial charge < -0.3 is 14.2 Å². The van der Waals surface area contributed by atoms with Crippen molar-refractivity contribution in [3.63, 3.8) is 0 Å². The predicted octanol–water partition coefficient (Wildman–Crippen LogP) is 2.90. The minimum Gasteiger partial charge on any atom is -0.493 e. The van der Waals surface area contributed by atoms with Crippen molar-refractivity contribution in [3.8, 4) is 5.75 Å². The largest absolute Gasteiger partial charge is 0.493 e. The molecule has 6 heteroatoms. The van der Waals surface area contributed by atoms with Crippen LogP contribution in [-0.4, -0.2) is 40.1 Å². The van der Waals surface area contributed by atoms with Crippen LogP contribution in [-0.2, 0) is 17.8 Å². The van der Waals surface area contributed by atoms with E-state index in [0.29, 0.717) is 31.4 Å². The van der Waals surface area contributed by atoms with Crippen LogP contribution in [0.4, 0.5) is 4.39 Å². The summed E-state index contributed by atoms with van der Waals surface area (Å²) in [5.74, 6) is 1.75. The number of ether oxygens (including phenoxy) is 1. The van der Waals surface area contributed by atoms with Crippen LogP contribution in [0.25, 0.3) is 0 Å². The van der Waals surface area contributed by atoms with Gasteiger partial charge in [-0.1, -0.05) is 6.92 Å². The maximum Gasteiger partial charge on any atom is 0.242 e. The van der Waals surface area contributed by atoms with E-state index in [2.05, 4.69) is 4.98 Å². The predicted molar refractivity (Wildman–Crippen MR) is 92.8 cm³/mol. The Kier molecular flexibility index (Phi) is 5.68. The van der Waals surface area contributed by atoms with Crippen molar-refractivity contribution in [2.45, 2.75) is 32.7 Å². The first-order chi connectivity index (χ1) is 12.2. The molecule has 0 bridgehead atoms. The highest BCUT2D eigenvalue weighted by molar-refractivity contribution is 5.76. The van der Waals surface area contributed by atoms with Crippen LogP contribution < -0.4 is 4.74 Å². The van der Waals surface area contributed by atoms with Gasteiger partial charge >= 0.3 is 0 Å². The first kappa shape index (κ1) is 17.5. The Bertz CT molecular complexity index is 699. The highest BCUT2D eigenvalue weighted by Crippen LogP contribution is 2.19. The number of amides is 1. The monoisotopic (exact) mass is 345 g/mol. The van der Waals surface area contributed by atoms with Crippen molar-refractivity contribution in [3.05, 3.63) is 48.3 Å². The van der Waals surface area contributed by atoms with Crippen LogP contribution in [0.3, 0.4) is 0 Å². The number of piperidine rings is 1. The van der Waals surface area contributed by atoms with Gasteiger partial charge in [-0.05, 0) is 37.1 Å². The molecular weight excluding hydrogens is 321 g/mol. The Labute approximate surface area is 147 Å². The second-order valence-corrected chi connectivity index (χ2v) is 6.44. The third-order valence-corrected chi connectivity index (χ3v) is 4.59. The molecule has 0 aliphatic carbocycles. The molecule has 1 aliphatic heterocycles. The molecule has 5 nitrogen and oxygen atoms in total. The van der Waals surface area contributed by atoms with E-state index >= 15 is 0 Å². The van der Waals surface area contributed by atoms with E-state index in [4.69, 9.17) is 4.74 Å². The van der Waals surface area contributed by atoms with E-state index < -0.39 is 0 Å². The van der Waals surface area contributed by atoms with Gasteiger partial charge in [0.25, 0.3) is 0 Å². The maximum absolute atomic E-state index is 12.9. The lowest BCUT2D eigenvalue weighted by molar-refractivity contribution is -0.133. The lowest BCUT2D eigenvalue weighted by Crippen LogP contribution is -2.43. The van der Waals surface area contributed by atoms with Crippen LogP contribution in [0.5, 0.6) is 5.75 Å². The number of aromatic nitrogens is 2. The molecule has 134 valence electrons. The molecule has 1 aliphatic rings. The van der Waals surface area contributed by atoms with E-state index in [1.165, 1.54) is 12.1 Å². The number of halogens is 1. The molecule has 0 radical (unpaired) electrons. The summed E-state index contributed by atoms with van der Waals surface area (Å²) in [6.07, 6.45) is 6.43. The van der Waals surface area contributed by atoms with Gasteiger partial charge in [-0.3, -0.25) is 4.79 Å². The Morgan fingerprint density at radius 3 is 2.92 bits per heavy atom. The van der Waals surface area contributed by atoms with Crippen molar-refractivity contribution >= 4 is 5.91 Å². The molecule has 3 rings (SSSR count). The summed E-state index contributed by atoms with van der Waals surface area (Å²) < 4.78 is 20.6. The zero-order valence-corrected chi connectivity index (χ0v) is 14.5. The van der Waals surface area contributed by atoms with Crippen molar-refractivity contribution in [2.75, 3.05) is 19.7 Å². The molecule has 0 N–H and O–H groups in total. The molecule has 1 fully saturated rings. The second kappa shape index (κ2) is 8.14. The number of aryl methyl sites for hydroxylation is 1. The van der Waals surface area contributed by atoms with Gasteiger partial charge in [-0.25, -0.2) is 9.37 Å². The first-order valence-electron chi connectivity index (χ1n) is 8.82. The number of hydrogen-bond acceptors (Lipinski definition) is 3. The number of benzene rings is 1. The molecule has 1 unspecified atom stereocenters. The lowest BCUT2D eigenvalue weighted by Gasteiger charge is -2.33. The smallest absolute Gasteiger partial charge is 0.242 e. The molecule has 0 saturated carbocycles. The first-order valence-corrected chi connectivity index (χ1v) is 8.82. The van der Waals surface area contributed by atoms with Crippen LogP contribution in [0, 0.1) is 11.7 Å². The van der Waals surface area contributed by atoms with Crippen LogP contribution in [0.15, 0.2) is 36.7 Å². The van der Waals surface area contributed by atoms with E-state index in [0.717, 1.165) is 31.6 Å². The quantitative estimate of drug-likeness (QED) is 0.809. The summed E-state index contributed by atoms with van der Waals surface area (Å²) in [4.78, 5) is 18.8. The van der Waals surface area contributed by atoms with Gasteiger partial charge in [-0.15, -0.1) is 0 Å². The Morgan fingerprint density at radius 2 is 2.16 bits per heavy atom. The standard InChI is InChI=1S/C19H24FN3O2/c1-2-18-21-9-11-22(18)13-19(24)23-10-3-4-15(12-23)14-25-17-7-5-16(20)6-8-17/h5-9,11,15H,2-4,10,12-14H2,1H3. The molecule has 2 aromatic rings. The highest BCUT2D eigenvalue weighted by Gasteiger charge is 2.24. The van der Waals surface area contributed by atoms with Crippen LogP contribution >= 0.6 is 0 Å². The molecule has 1 atom stereocenters. The summed E-state index contributed by atoms with van der Waals surface area (Å²) in [5, 5.41) is 0. The van der Waals surface area contributed by atoms with E-state index in [1.54, 1.807) is 18.3 Å². The number of rotatable bonds is 6. The van der Waals surface area contributed by atoms with Crippen molar-refractivity contribution in [1.82, 2.24) is 14.5 Å². The van der Waals surface area contributed by atoms with E-state index in [1.807, 2.05) is 22.6 Å². The summed E-state index contributed by atoms with van der Waals surface area (Å²) in [7, 11) is 0. The van der Waals surface area contributed by atoms with Gasteiger partial charge in [0.05, 0.1) is 6.61 Å². The number of hydrogen-bond donors (Lipinski definition) is 0. The minimum absolute atomic E-state index is 0.124. The van der Waals surface area contributed by atoms with Gasteiger partial charge in [0, 0.05) is 37.8 Å². The average molecular weight is 345 g/mol. The highest BCUT2D eigenvalue weighted by atomic mass is 19.1. The normalized spacial score (nSPS) is 17.5. The zero-order chi connectivity index (χ0) is 17.6. The van der Waals surface area contributed by atoms with Crippen molar-refractivity contribution in [1.29, 1.82) is 0 Å². The van der Waals surface area contributed by atoms with Gasteiger partial charge in [0.15, 0.2) is 0 Å². The fraction of sp³-hybridized carbons (Fsp3) is 0.474. The van der Waals surface area contributed by atoms with Crippen molar-refractivity contribution < 1.29 is 13.9 Å². The van der Waals surface area contributed by atoms with Gasteiger partial charge in [0.2, 0.25) is 5.91 Å². The lowest BCUT2D eigenvalue weighted by atomic mass is 9.99. The Balaban J connectivity index is 1.51. The van der Waals surface area contributed by atoms with E-state index in [9.17, 15) is 9.18 Å². The number of nitrogens with zero attached hydrogens (tertiary/aromatic N) is 3. The summed E-state index contributed by atoms with van der Waals surface area (Å²) in [6.45, 7) is 4.42. The Morgan fingerprint density at radius 1 is 1.36 bits per heavy atom. The SMILES string of the molecule is CCc1nccn1CC(=O)N1CCCC(COc2ccc(F)cc2)C1. The fourth-order valence-electron chi connectivity index (χ4n) is 3.22. The van der Waals surface area contributed by atoms with Crippen LogP contribution in [0.2, 0.25) is 0 Å². The molecular formula is C19H24FN3O2. The molecule has 1 aromatic carbocycles. The Hall–Kier alpha value is -2.37.